The standard InChI is InChI=1S/C26H32N6O2/c1-15(2)20-9-24-23(8-21(20)22-11-31-25(27-14-28-31)17(4)16(22)3)29-26(33)32(24)18-6-5-7-30(10-18)19-12-34-13-19/h8-9,11,14-15,18-19H,5-7,10,12-13H2,1-4H3,(H,29,33)/t18-/m1/s1. The fraction of sp³-hybridized carbons (Fsp3) is 0.500. The van der Waals surface area contributed by atoms with Crippen LogP contribution in [0.25, 0.3) is 27.8 Å². The molecule has 1 N–H and O–H groups in total. The third-order valence-electron chi connectivity index (χ3n) is 7.86. The van der Waals surface area contributed by atoms with E-state index >= 15 is 0 Å². The summed E-state index contributed by atoms with van der Waals surface area (Å²) in [5.74, 6) is 0.305. The summed E-state index contributed by atoms with van der Waals surface area (Å²) in [4.78, 5) is 23.3. The monoisotopic (exact) mass is 460 g/mol. The van der Waals surface area contributed by atoms with Crippen LogP contribution in [0.3, 0.4) is 0 Å². The van der Waals surface area contributed by atoms with Gasteiger partial charge >= 0.3 is 5.69 Å². The van der Waals surface area contributed by atoms with Gasteiger partial charge in [-0.05, 0) is 73.5 Å². The third-order valence-corrected chi connectivity index (χ3v) is 7.86. The van der Waals surface area contributed by atoms with Gasteiger partial charge in [-0.25, -0.2) is 14.3 Å². The van der Waals surface area contributed by atoms with Crippen LogP contribution in [-0.4, -0.2) is 61.4 Å². The van der Waals surface area contributed by atoms with Crippen molar-refractivity contribution in [1.29, 1.82) is 0 Å². The average Bonchev–Trinajstić information content (AvgIpc) is 3.37. The second-order valence-corrected chi connectivity index (χ2v) is 10.2. The van der Waals surface area contributed by atoms with Gasteiger partial charge in [-0.15, -0.1) is 0 Å². The van der Waals surface area contributed by atoms with E-state index in [2.05, 4.69) is 66.0 Å². The number of pyridine rings is 1. The maximum absolute atomic E-state index is 13.2. The first-order valence-corrected chi connectivity index (χ1v) is 12.3. The lowest BCUT2D eigenvalue weighted by molar-refractivity contribution is -0.0751. The van der Waals surface area contributed by atoms with Crippen LogP contribution >= 0.6 is 0 Å². The fourth-order valence-electron chi connectivity index (χ4n) is 5.70. The molecule has 0 radical (unpaired) electrons. The fourth-order valence-corrected chi connectivity index (χ4v) is 5.70. The zero-order chi connectivity index (χ0) is 23.6. The molecular formula is C26H32N6O2. The van der Waals surface area contributed by atoms with E-state index in [1.807, 2.05) is 9.08 Å². The topological polar surface area (TPSA) is 80.5 Å². The van der Waals surface area contributed by atoms with Gasteiger partial charge in [0.15, 0.2) is 5.65 Å². The molecule has 2 aliphatic rings. The van der Waals surface area contributed by atoms with Crippen LogP contribution in [0.1, 0.15) is 55.3 Å². The Bertz CT molecular complexity index is 1440. The van der Waals surface area contributed by atoms with Crippen LogP contribution < -0.4 is 5.69 Å². The Morgan fingerprint density at radius 2 is 1.94 bits per heavy atom. The first-order chi connectivity index (χ1) is 16.4. The van der Waals surface area contributed by atoms with Crippen molar-refractivity contribution in [2.24, 2.45) is 0 Å². The number of hydrogen-bond donors (Lipinski definition) is 1. The minimum atomic E-state index is -0.0156. The number of aromatic amines is 1. The van der Waals surface area contributed by atoms with Crippen molar-refractivity contribution in [3.05, 3.63) is 51.8 Å². The number of ether oxygens (including phenoxy) is 1. The lowest BCUT2D eigenvalue weighted by Gasteiger charge is -2.42. The van der Waals surface area contributed by atoms with Crippen LogP contribution in [0.2, 0.25) is 0 Å². The van der Waals surface area contributed by atoms with E-state index in [9.17, 15) is 4.79 Å². The van der Waals surface area contributed by atoms with Crippen LogP contribution in [0.5, 0.6) is 0 Å². The van der Waals surface area contributed by atoms with E-state index < -0.39 is 0 Å². The Morgan fingerprint density at radius 3 is 2.68 bits per heavy atom. The molecule has 0 aliphatic carbocycles. The Balaban J connectivity index is 1.49. The number of nitrogens with one attached hydrogen (secondary N) is 1. The molecule has 3 aromatic heterocycles. The van der Waals surface area contributed by atoms with Gasteiger partial charge in [-0.2, -0.15) is 5.10 Å². The number of hydrogen-bond acceptors (Lipinski definition) is 5. The summed E-state index contributed by atoms with van der Waals surface area (Å²) in [5.41, 5.74) is 8.59. The summed E-state index contributed by atoms with van der Waals surface area (Å²) in [6.07, 6.45) is 5.79. The molecule has 6 rings (SSSR count). The highest BCUT2D eigenvalue weighted by Crippen LogP contribution is 2.37. The number of fused-ring (bicyclic) bond motifs is 2. The number of aryl methyl sites for hydroxylation is 1. The molecule has 1 atom stereocenters. The molecule has 34 heavy (non-hydrogen) atoms. The van der Waals surface area contributed by atoms with Crippen molar-refractivity contribution in [2.45, 2.75) is 58.5 Å². The number of H-pyrrole nitrogens is 1. The van der Waals surface area contributed by atoms with Crippen molar-refractivity contribution in [1.82, 2.24) is 29.0 Å². The highest BCUT2D eigenvalue weighted by molar-refractivity contribution is 5.86. The number of piperidine rings is 1. The lowest BCUT2D eigenvalue weighted by atomic mass is 9.89. The zero-order valence-electron chi connectivity index (χ0n) is 20.3. The molecule has 0 spiro atoms. The van der Waals surface area contributed by atoms with E-state index in [0.717, 1.165) is 72.5 Å². The summed E-state index contributed by atoms with van der Waals surface area (Å²) in [7, 11) is 0. The molecule has 8 nitrogen and oxygen atoms in total. The van der Waals surface area contributed by atoms with Gasteiger partial charge in [-0.3, -0.25) is 9.47 Å². The molecule has 5 heterocycles. The quantitative estimate of drug-likeness (QED) is 0.501. The number of benzene rings is 1. The molecule has 4 aromatic rings. The van der Waals surface area contributed by atoms with Crippen molar-refractivity contribution in [2.75, 3.05) is 26.3 Å². The predicted octanol–water partition coefficient (Wildman–Crippen LogP) is 3.82. The predicted molar refractivity (Wildman–Crippen MR) is 133 cm³/mol. The van der Waals surface area contributed by atoms with Gasteiger partial charge in [-0.1, -0.05) is 13.8 Å². The van der Waals surface area contributed by atoms with Crippen molar-refractivity contribution in [3.63, 3.8) is 0 Å². The Labute approximate surface area is 198 Å². The van der Waals surface area contributed by atoms with E-state index in [-0.39, 0.29) is 11.7 Å². The van der Waals surface area contributed by atoms with Gasteiger partial charge in [0, 0.05) is 18.3 Å². The Morgan fingerprint density at radius 1 is 1.12 bits per heavy atom. The van der Waals surface area contributed by atoms with Gasteiger partial charge in [0.1, 0.15) is 6.33 Å². The van der Waals surface area contributed by atoms with Crippen molar-refractivity contribution >= 4 is 16.7 Å². The van der Waals surface area contributed by atoms with Gasteiger partial charge in [0.2, 0.25) is 0 Å². The number of likely N-dealkylation sites (tertiary alicyclic amines) is 1. The summed E-state index contributed by atoms with van der Waals surface area (Å²) < 4.78 is 9.28. The maximum Gasteiger partial charge on any atom is 0.326 e. The van der Waals surface area contributed by atoms with E-state index in [0.29, 0.717) is 12.0 Å². The summed E-state index contributed by atoms with van der Waals surface area (Å²) in [6.45, 7) is 12.3. The molecule has 0 bridgehead atoms. The van der Waals surface area contributed by atoms with E-state index in [4.69, 9.17) is 4.74 Å². The lowest BCUT2D eigenvalue weighted by Crippen LogP contribution is -2.53. The zero-order valence-corrected chi connectivity index (χ0v) is 20.3. The molecule has 2 aliphatic heterocycles. The smallest absolute Gasteiger partial charge is 0.326 e. The number of aromatic nitrogens is 5. The Kier molecular flexibility index (Phi) is 5.11. The summed E-state index contributed by atoms with van der Waals surface area (Å²) >= 11 is 0. The Hall–Kier alpha value is -2.97. The van der Waals surface area contributed by atoms with Crippen LogP contribution in [-0.2, 0) is 4.74 Å². The normalized spacial score (nSPS) is 20.0. The van der Waals surface area contributed by atoms with Crippen LogP contribution in [0, 0.1) is 13.8 Å². The summed E-state index contributed by atoms with van der Waals surface area (Å²) in [5, 5.41) is 4.39. The van der Waals surface area contributed by atoms with Gasteiger partial charge < -0.3 is 9.72 Å². The molecule has 0 saturated carbocycles. The third kappa shape index (κ3) is 3.31. The number of rotatable bonds is 4. The van der Waals surface area contributed by atoms with Gasteiger partial charge in [0.05, 0.1) is 36.3 Å². The first kappa shape index (κ1) is 21.6. The van der Waals surface area contributed by atoms with E-state index in [1.165, 1.54) is 11.1 Å². The number of nitrogens with zero attached hydrogens (tertiary/aromatic N) is 5. The largest absolute Gasteiger partial charge is 0.378 e. The summed E-state index contributed by atoms with van der Waals surface area (Å²) in [6, 6.07) is 5.07. The molecule has 2 saturated heterocycles. The second-order valence-electron chi connectivity index (χ2n) is 10.2. The second kappa shape index (κ2) is 8.06. The van der Waals surface area contributed by atoms with Gasteiger partial charge in [0.25, 0.3) is 0 Å². The molecule has 8 heteroatoms. The van der Waals surface area contributed by atoms with Crippen molar-refractivity contribution < 1.29 is 4.74 Å². The minimum Gasteiger partial charge on any atom is -0.378 e. The minimum absolute atomic E-state index is 0.0156. The highest BCUT2D eigenvalue weighted by Gasteiger charge is 2.32. The highest BCUT2D eigenvalue weighted by atomic mass is 16.5. The van der Waals surface area contributed by atoms with Crippen LogP contribution in [0.4, 0.5) is 0 Å². The SMILES string of the molecule is Cc1c(-c2cc3[nH]c(=O)n([C@@H]4CCCN(C5COC5)C4)c3cc2C(C)C)cn2ncnc2c1C. The molecule has 1 aromatic carbocycles. The van der Waals surface area contributed by atoms with Crippen LogP contribution in [0.15, 0.2) is 29.5 Å². The number of imidazole rings is 1. The molecule has 0 unspecified atom stereocenters. The average molecular weight is 461 g/mol. The molecule has 0 amide bonds. The molecule has 2 fully saturated rings. The first-order valence-electron chi connectivity index (χ1n) is 12.3. The molecular weight excluding hydrogens is 428 g/mol. The van der Waals surface area contributed by atoms with Crippen molar-refractivity contribution in [3.8, 4) is 11.1 Å². The molecule has 178 valence electrons. The van der Waals surface area contributed by atoms with E-state index in [1.54, 1.807) is 6.33 Å². The maximum atomic E-state index is 13.2.